The number of alkyl halides is 3. The zero-order valence-electron chi connectivity index (χ0n) is 10.9. The monoisotopic (exact) mass is 288 g/mol. The average molecular weight is 288 g/mol. The number of hydrogen-bond donors (Lipinski definition) is 1. The number of halogens is 3. The van der Waals surface area contributed by atoms with E-state index in [4.69, 9.17) is 4.74 Å². The van der Waals surface area contributed by atoms with Gasteiger partial charge in [0.2, 0.25) is 0 Å². The lowest BCUT2D eigenvalue weighted by molar-refractivity contribution is -0.352. The van der Waals surface area contributed by atoms with Crippen molar-refractivity contribution in [2.75, 3.05) is 13.7 Å². The summed E-state index contributed by atoms with van der Waals surface area (Å²) < 4.78 is 48.5. The number of benzene rings is 1. The third kappa shape index (κ3) is 2.81. The van der Waals surface area contributed by atoms with E-state index in [1.165, 1.54) is 13.2 Å². The second kappa shape index (κ2) is 5.46. The zero-order valence-corrected chi connectivity index (χ0v) is 10.9. The Morgan fingerprint density at radius 2 is 1.95 bits per heavy atom. The molecule has 0 amide bonds. The summed E-state index contributed by atoms with van der Waals surface area (Å²) in [5.41, 5.74) is 0.371. The van der Waals surface area contributed by atoms with Crippen molar-refractivity contribution >= 4 is 6.08 Å². The molecular formula is C14H15F3O3. The number of aliphatic hydroxyl groups is 1. The first-order valence-electron chi connectivity index (χ1n) is 6.15. The summed E-state index contributed by atoms with van der Waals surface area (Å²) in [6.45, 7) is -0.115. The lowest BCUT2D eigenvalue weighted by Crippen LogP contribution is -2.51. The van der Waals surface area contributed by atoms with E-state index in [1.54, 1.807) is 24.3 Å². The Morgan fingerprint density at radius 1 is 1.30 bits per heavy atom. The minimum Gasteiger partial charge on any atom is -0.497 e. The minimum absolute atomic E-state index is 0.115. The van der Waals surface area contributed by atoms with Crippen molar-refractivity contribution in [2.24, 2.45) is 0 Å². The fourth-order valence-electron chi connectivity index (χ4n) is 2.08. The third-order valence-electron chi connectivity index (χ3n) is 3.18. The van der Waals surface area contributed by atoms with Crippen LogP contribution in [-0.2, 0) is 4.74 Å². The SMILES string of the molecule is COc1ccc(/C=C2\CCCOC2(O)C(F)(F)F)cc1. The zero-order chi connectivity index (χ0) is 14.8. The maximum absolute atomic E-state index is 13.0. The van der Waals surface area contributed by atoms with Gasteiger partial charge >= 0.3 is 6.18 Å². The van der Waals surface area contributed by atoms with Crippen molar-refractivity contribution in [2.45, 2.75) is 24.8 Å². The van der Waals surface area contributed by atoms with Crippen LogP contribution in [0.5, 0.6) is 5.75 Å². The first-order valence-corrected chi connectivity index (χ1v) is 6.15. The molecule has 0 spiro atoms. The van der Waals surface area contributed by atoms with E-state index in [-0.39, 0.29) is 18.6 Å². The molecule has 1 aromatic carbocycles. The summed E-state index contributed by atoms with van der Waals surface area (Å²) >= 11 is 0. The smallest absolute Gasteiger partial charge is 0.447 e. The molecule has 1 saturated heterocycles. The molecule has 1 N–H and O–H groups in total. The summed E-state index contributed by atoms with van der Waals surface area (Å²) in [6.07, 6.45) is -2.96. The topological polar surface area (TPSA) is 38.7 Å². The third-order valence-corrected chi connectivity index (χ3v) is 3.18. The Hall–Kier alpha value is -1.53. The van der Waals surface area contributed by atoms with Crippen molar-refractivity contribution in [3.63, 3.8) is 0 Å². The molecule has 1 fully saturated rings. The van der Waals surface area contributed by atoms with E-state index in [0.717, 1.165) is 0 Å². The van der Waals surface area contributed by atoms with E-state index in [1.807, 2.05) is 0 Å². The van der Waals surface area contributed by atoms with Crippen LogP contribution in [0.25, 0.3) is 6.08 Å². The van der Waals surface area contributed by atoms with Crippen LogP contribution < -0.4 is 4.74 Å². The summed E-state index contributed by atoms with van der Waals surface area (Å²) in [7, 11) is 1.50. The number of methoxy groups -OCH3 is 1. The first-order chi connectivity index (χ1) is 9.37. The van der Waals surface area contributed by atoms with Gasteiger partial charge in [-0.2, -0.15) is 13.2 Å². The Balaban J connectivity index is 2.34. The Bertz CT molecular complexity index is 493. The lowest BCUT2D eigenvalue weighted by Gasteiger charge is -2.36. The molecule has 0 saturated carbocycles. The Labute approximate surface area is 114 Å². The van der Waals surface area contributed by atoms with Gasteiger partial charge in [-0.25, -0.2) is 0 Å². The average Bonchev–Trinajstić information content (AvgIpc) is 2.41. The van der Waals surface area contributed by atoms with Crippen LogP contribution in [0.4, 0.5) is 13.2 Å². The molecule has 2 rings (SSSR count). The van der Waals surface area contributed by atoms with Gasteiger partial charge in [-0.1, -0.05) is 18.2 Å². The molecule has 0 bridgehead atoms. The summed E-state index contributed by atoms with van der Waals surface area (Å²) in [5.74, 6) is -2.58. The maximum atomic E-state index is 13.0. The molecule has 1 aliphatic heterocycles. The molecule has 0 aliphatic carbocycles. The largest absolute Gasteiger partial charge is 0.497 e. The van der Waals surface area contributed by atoms with Crippen molar-refractivity contribution in [3.05, 3.63) is 35.4 Å². The van der Waals surface area contributed by atoms with Gasteiger partial charge in [0.25, 0.3) is 5.79 Å². The van der Waals surface area contributed by atoms with E-state index in [9.17, 15) is 18.3 Å². The minimum atomic E-state index is -4.86. The van der Waals surface area contributed by atoms with Gasteiger partial charge in [-0.15, -0.1) is 0 Å². The van der Waals surface area contributed by atoms with Gasteiger partial charge in [0.1, 0.15) is 5.75 Å². The molecule has 20 heavy (non-hydrogen) atoms. The van der Waals surface area contributed by atoms with Crippen LogP contribution in [0.2, 0.25) is 0 Å². The fourth-order valence-corrected chi connectivity index (χ4v) is 2.08. The van der Waals surface area contributed by atoms with Crippen LogP contribution >= 0.6 is 0 Å². The highest BCUT2D eigenvalue weighted by atomic mass is 19.4. The molecule has 110 valence electrons. The second-order valence-electron chi connectivity index (χ2n) is 4.54. The van der Waals surface area contributed by atoms with Gasteiger partial charge in [0.05, 0.1) is 13.7 Å². The highest BCUT2D eigenvalue weighted by Gasteiger charge is 2.58. The van der Waals surface area contributed by atoms with Crippen LogP contribution in [0.15, 0.2) is 29.8 Å². The predicted octanol–water partition coefficient (Wildman–Crippen LogP) is 3.14. The molecule has 6 heteroatoms. The van der Waals surface area contributed by atoms with Crippen LogP contribution in [0.3, 0.4) is 0 Å². The van der Waals surface area contributed by atoms with Crippen LogP contribution in [-0.4, -0.2) is 30.8 Å². The van der Waals surface area contributed by atoms with Gasteiger partial charge in [0.15, 0.2) is 0 Å². The normalized spacial score (nSPS) is 25.8. The van der Waals surface area contributed by atoms with Crippen LogP contribution in [0.1, 0.15) is 18.4 Å². The molecule has 1 aliphatic rings. The number of ether oxygens (including phenoxy) is 2. The van der Waals surface area contributed by atoms with Crippen molar-refractivity contribution in [1.82, 2.24) is 0 Å². The highest BCUT2D eigenvalue weighted by molar-refractivity contribution is 5.56. The summed E-state index contributed by atoms with van der Waals surface area (Å²) in [6, 6.07) is 6.53. The van der Waals surface area contributed by atoms with Crippen molar-refractivity contribution in [1.29, 1.82) is 0 Å². The molecule has 1 unspecified atom stereocenters. The Kier molecular flexibility index (Phi) is 4.06. The van der Waals surface area contributed by atoms with Crippen molar-refractivity contribution in [3.8, 4) is 5.75 Å². The van der Waals surface area contributed by atoms with Gasteiger partial charge in [-0.05, 0) is 36.1 Å². The molecule has 1 heterocycles. The number of hydrogen-bond acceptors (Lipinski definition) is 3. The maximum Gasteiger partial charge on any atom is 0.447 e. The van der Waals surface area contributed by atoms with Crippen molar-refractivity contribution < 1.29 is 27.8 Å². The lowest BCUT2D eigenvalue weighted by atomic mass is 9.95. The second-order valence-corrected chi connectivity index (χ2v) is 4.54. The Morgan fingerprint density at radius 3 is 2.50 bits per heavy atom. The van der Waals surface area contributed by atoms with Gasteiger partial charge < -0.3 is 14.6 Å². The molecule has 1 atom stereocenters. The molecule has 1 aromatic rings. The summed E-state index contributed by atoms with van der Waals surface area (Å²) in [5, 5.41) is 9.79. The quantitative estimate of drug-likeness (QED) is 0.908. The molecule has 3 nitrogen and oxygen atoms in total. The fraction of sp³-hybridized carbons (Fsp3) is 0.429. The van der Waals surface area contributed by atoms with Crippen LogP contribution in [0, 0.1) is 0 Å². The van der Waals surface area contributed by atoms with Gasteiger partial charge in [0, 0.05) is 0 Å². The first kappa shape index (κ1) is 14.9. The number of rotatable bonds is 2. The van der Waals surface area contributed by atoms with E-state index in [2.05, 4.69) is 4.74 Å². The molecule has 0 aromatic heterocycles. The standard InChI is InChI=1S/C14H15F3O3/c1-19-12-6-4-10(5-7-12)9-11-3-2-8-20-13(11,18)14(15,16)17/h4-7,9,18H,2-3,8H2,1H3/b11-9+. The molecule has 0 radical (unpaired) electrons. The molecular weight excluding hydrogens is 273 g/mol. The highest BCUT2D eigenvalue weighted by Crippen LogP contribution is 2.42. The van der Waals surface area contributed by atoms with Gasteiger partial charge in [-0.3, -0.25) is 0 Å². The predicted molar refractivity (Wildman–Crippen MR) is 67.2 cm³/mol. The summed E-state index contributed by atoms with van der Waals surface area (Å²) in [4.78, 5) is 0. The van der Waals surface area contributed by atoms with E-state index >= 15 is 0 Å². The van der Waals surface area contributed by atoms with E-state index < -0.39 is 12.0 Å². The van der Waals surface area contributed by atoms with E-state index in [0.29, 0.717) is 17.7 Å².